The molecule has 1 amide bonds. The summed E-state index contributed by atoms with van der Waals surface area (Å²) >= 11 is 0. The number of rotatable bonds is 13. The predicted molar refractivity (Wildman–Crippen MR) is 150 cm³/mol. The van der Waals surface area contributed by atoms with Gasteiger partial charge in [-0.3, -0.25) is 14.4 Å². The number of hydrogen-bond acceptors (Lipinski definition) is 9. The Hall–Kier alpha value is -4.51. The molecule has 0 aromatic heterocycles. The van der Waals surface area contributed by atoms with Gasteiger partial charge in [0.25, 0.3) is 0 Å². The number of ketones is 1. The van der Waals surface area contributed by atoms with E-state index in [0.29, 0.717) is 11.3 Å². The molecule has 3 aromatic carbocycles. The summed E-state index contributed by atoms with van der Waals surface area (Å²) in [5, 5.41) is 2.68. The molecule has 0 radical (unpaired) electrons. The van der Waals surface area contributed by atoms with E-state index in [1.165, 1.54) is 36.4 Å². The molecule has 0 atom stereocenters. The number of aryl methyl sites for hydroxylation is 1. The minimum Gasteiger partial charge on any atom is -0.459 e. The van der Waals surface area contributed by atoms with Crippen LogP contribution in [0, 0.1) is 6.92 Å². The Balaban J connectivity index is 1.38. The van der Waals surface area contributed by atoms with Crippen molar-refractivity contribution in [2.75, 3.05) is 11.9 Å². The second-order valence-corrected chi connectivity index (χ2v) is 10.9. The molecule has 0 aliphatic rings. The zero-order chi connectivity index (χ0) is 30.0. The SMILES string of the molecule is Cc1ccc(S(=O)(=O)Oc2ccc(C(=O)COC(=O)CCCC(=O)Nc3ccc(C(=O)OC(C)C)cc3)cc2)cc1. The molecule has 10 nitrogen and oxygen atoms in total. The van der Waals surface area contributed by atoms with Crippen molar-refractivity contribution < 1.29 is 41.3 Å². The van der Waals surface area contributed by atoms with Gasteiger partial charge >= 0.3 is 22.1 Å². The fourth-order valence-corrected chi connectivity index (χ4v) is 4.40. The van der Waals surface area contributed by atoms with Crippen molar-refractivity contribution in [2.45, 2.75) is 51.0 Å². The van der Waals surface area contributed by atoms with Gasteiger partial charge in [0.2, 0.25) is 5.91 Å². The van der Waals surface area contributed by atoms with Crippen LogP contribution in [0.5, 0.6) is 5.75 Å². The van der Waals surface area contributed by atoms with E-state index >= 15 is 0 Å². The fraction of sp³-hybridized carbons (Fsp3) is 0.267. The first-order valence-corrected chi connectivity index (χ1v) is 14.2. The molecular formula is C30H31NO9S. The van der Waals surface area contributed by atoms with Crippen molar-refractivity contribution in [3.8, 4) is 5.75 Å². The maximum absolute atomic E-state index is 12.4. The van der Waals surface area contributed by atoms with Crippen LogP contribution in [0.1, 0.15) is 59.4 Å². The van der Waals surface area contributed by atoms with Crippen LogP contribution >= 0.6 is 0 Å². The predicted octanol–water partition coefficient (Wildman–Crippen LogP) is 4.86. The van der Waals surface area contributed by atoms with E-state index in [2.05, 4.69) is 5.32 Å². The normalized spacial score (nSPS) is 11.0. The van der Waals surface area contributed by atoms with Gasteiger partial charge in [0.05, 0.1) is 11.7 Å². The highest BCUT2D eigenvalue weighted by molar-refractivity contribution is 7.87. The van der Waals surface area contributed by atoms with Crippen LogP contribution in [0.2, 0.25) is 0 Å². The number of carbonyl (C=O) groups excluding carboxylic acids is 4. The van der Waals surface area contributed by atoms with E-state index < -0.39 is 34.4 Å². The van der Waals surface area contributed by atoms with E-state index in [0.717, 1.165) is 5.56 Å². The fourth-order valence-electron chi connectivity index (χ4n) is 3.47. The number of benzene rings is 3. The summed E-state index contributed by atoms with van der Waals surface area (Å²) < 4.78 is 40.0. The van der Waals surface area contributed by atoms with Gasteiger partial charge in [0, 0.05) is 24.1 Å². The molecule has 0 aliphatic carbocycles. The monoisotopic (exact) mass is 581 g/mol. The molecule has 0 spiro atoms. The highest BCUT2D eigenvalue weighted by atomic mass is 32.2. The van der Waals surface area contributed by atoms with E-state index in [4.69, 9.17) is 13.7 Å². The van der Waals surface area contributed by atoms with Gasteiger partial charge in [-0.05, 0) is 87.9 Å². The van der Waals surface area contributed by atoms with E-state index in [9.17, 15) is 27.6 Å². The molecule has 216 valence electrons. The lowest BCUT2D eigenvalue weighted by atomic mass is 10.1. The maximum Gasteiger partial charge on any atom is 0.339 e. The number of carbonyl (C=O) groups is 4. The van der Waals surface area contributed by atoms with Crippen LogP contribution in [0.25, 0.3) is 0 Å². The Morgan fingerprint density at radius 3 is 2.02 bits per heavy atom. The number of Topliss-reactive ketones (excluding diaryl/α,β-unsaturated/α-hetero) is 1. The molecule has 1 N–H and O–H groups in total. The number of hydrogen-bond donors (Lipinski definition) is 1. The van der Waals surface area contributed by atoms with E-state index in [-0.39, 0.29) is 47.5 Å². The molecular weight excluding hydrogens is 550 g/mol. The summed E-state index contributed by atoms with van der Waals surface area (Å²) in [6, 6.07) is 17.9. The molecule has 3 rings (SSSR count). The zero-order valence-corrected chi connectivity index (χ0v) is 23.7. The Labute approximate surface area is 238 Å². The molecule has 3 aromatic rings. The van der Waals surface area contributed by atoms with Crippen LogP contribution in [-0.4, -0.2) is 44.8 Å². The second kappa shape index (κ2) is 14.2. The first-order valence-electron chi connectivity index (χ1n) is 12.8. The second-order valence-electron chi connectivity index (χ2n) is 9.39. The summed E-state index contributed by atoms with van der Waals surface area (Å²) in [6.45, 7) is 4.84. The molecule has 0 saturated heterocycles. The number of nitrogens with one attached hydrogen (secondary N) is 1. The standard InChI is InChI=1S/C30H31NO9S/c1-20(2)39-30(35)23-9-13-24(14-10-23)31-28(33)5-4-6-29(34)38-19-27(32)22-11-15-25(16-12-22)40-41(36,37)26-17-7-21(3)8-18-26/h7-18,20H,4-6,19H2,1-3H3,(H,31,33). The summed E-state index contributed by atoms with van der Waals surface area (Å²) in [7, 11) is -4.03. The quantitative estimate of drug-likeness (QED) is 0.170. The molecule has 0 saturated carbocycles. The van der Waals surface area contributed by atoms with Gasteiger partial charge in [-0.25, -0.2) is 4.79 Å². The molecule has 0 unspecified atom stereocenters. The van der Waals surface area contributed by atoms with Crippen LogP contribution in [0.4, 0.5) is 5.69 Å². The van der Waals surface area contributed by atoms with Crippen LogP contribution in [0.3, 0.4) is 0 Å². The van der Waals surface area contributed by atoms with Crippen molar-refractivity contribution in [3.05, 3.63) is 89.5 Å². The summed E-state index contributed by atoms with van der Waals surface area (Å²) in [5.74, 6) is -1.86. The summed E-state index contributed by atoms with van der Waals surface area (Å²) in [4.78, 5) is 48.4. The summed E-state index contributed by atoms with van der Waals surface area (Å²) in [6.07, 6.45) is -0.0483. The number of amides is 1. The number of anilines is 1. The van der Waals surface area contributed by atoms with Crippen molar-refractivity contribution >= 4 is 39.4 Å². The van der Waals surface area contributed by atoms with Gasteiger partial charge < -0.3 is 19.0 Å². The highest BCUT2D eigenvalue weighted by Gasteiger charge is 2.17. The minimum atomic E-state index is -4.03. The highest BCUT2D eigenvalue weighted by Crippen LogP contribution is 2.20. The average Bonchev–Trinajstić information content (AvgIpc) is 2.92. The Bertz CT molecular complexity index is 1480. The first kappa shape index (κ1) is 31.0. The van der Waals surface area contributed by atoms with E-state index in [1.54, 1.807) is 50.2 Å². The van der Waals surface area contributed by atoms with Crippen molar-refractivity contribution in [2.24, 2.45) is 0 Å². The maximum atomic E-state index is 12.4. The largest absolute Gasteiger partial charge is 0.459 e. The van der Waals surface area contributed by atoms with Crippen LogP contribution in [-0.2, 0) is 29.2 Å². The van der Waals surface area contributed by atoms with E-state index in [1.807, 2.05) is 6.92 Å². The zero-order valence-electron chi connectivity index (χ0n) is 22.9. The third-order valence-electron chi connectivity index (χ3n) is 5.59. The molecule has 0 bridgehead atoms. The molecule has 41 heavy (non-hydrogen) atoms. The lowest BCUT2D eigenvalue weighted by Crippen LogP contribution is -2.16. The number of ether oxygens (including phenoxy) is 2. The van der Waals surface area contributed by atoms with Crippen LogP contribution < -0.4 is 9.50 Å². The van der Waals surface area contributed by atoms with Gasteiger partial charge in [-0.2, -0.15) is 8.42 Å². The molecule has 0 fully saturated rings. The topological polar surface area (TPSA) is 142 Å². The smallest absolute Gasteiger partial charge is 0.339 e. The van der Waals surface area contributed by atoms with Gasteiger partial charge in [-0.15, -0.1) is 0 Å². The lowest BCUT2D eigenvalue weighted by molar-refractivity contribution is -0.142. The lowest BCUT2D eigenvalue weighted by Gasteiger charge is -2.09. The molecule has 11 heteroatoms. The molecule has 0 aliphatic heterocycles. The van der Waals surface area contributed by atoms with Gasteiger partial charge in [-0.1, -0.05) is 17.7 Å². The van der Waals surface area contributed by atoms with Crippen LogP contribution in [0.15, 0.2) is 77.7 Å². The Kier molecular flexibility index (Phi) is 10.8. The summed E-state index contributed by atoms with van der Waals surface area (Å²) in [5.41, 5.74) is 1.97. The molecule has 0 heterocycles. The average molecular weight is 582 g/mol. The van der Waals surface area contributed by atoms with Gasteiger partial charge in [0.15, 0.2) is 12.4 Å². The Morgan fingerprint density at radius 2 is 1.41 bits per heavy atom. The first-order chi connectivity index (χ1) is 19.4. The number of esters is 2. The minimum absolute atomic E-state index is 0.00653. The van der Waals surface area contributed by atoms with Crippen molar-refractivity contribution in [3.63, 3.8) is 0 Å². The van der Waals surface area contributed by atoms with Crippen molar-refractivity contribution in [1.82, 2.24) is 0 Å². The van der Waals surface area contributed by atoms with Crippen molar-refractivity contribution in [1.29, 1.82) is 0 Å². The Morgan fingerprint density at radius 1 is 0.805 bits per heavy atom. The third kappa shape index (κ3) is 9.87. The third-order valence-corrected chi connectivity index (χ3v) is 6.85. The van der Waals surface area contributed by atoms with Gasteiger partial charge in [0.1, 0.15) is 10.6 Å².